The van der Waals surface area contributed by atoms with Crippen LogP contribution in [0.25, 0.3) is 11.4 Å². The summed E-state index contributed by atoms with van der Waals surface area (Å²) in [6, 6.07) is 12.2. The maximum Gasteiger partial charge on any atom is 0.234 e. The van der Waals surface area contributed by atoms with Gasteiger partial charge in [-0.25, -0.2) is 4.68 Å². The topological polar surface area (TPSA) is 95.1 Å². The van der Waals surface area contributed by atoms with Crippen molar-refractivity contribution in [3.05, 3.63) is 52.5 Å². The summed E-state index contributed by atoms with van der Waals surface area (Å²) >= 11 is 13.4. The maximum absolute atomic E-state index is 12.2. The molecule has 3 N–H and O–H groups in total. The van der Waals surface area contributed by atoms with Gasteiger partial charge in [0, 0.05) is 11.3 Å². The number of amides is 1. The summed E-state index contributed by atoms with van der Waals surface area (Å²) in [7, 11) is 1.52. The van der Waals surface area contributed by atoms with Crippen LogP contribution in [0.3, 0.4) is 0 Å². The molecule has 0 bridgehead atoms. The van der Waals surface area contributed by atoms with E-state index in [-0.39, 0.29) is 11.7 Å². The van der Waals surface area contributed by atoms with Gasteiger partial charge in [0.2, 0.25) is 11.1 Å². The zero-order valence-corrected chi connectivity index (χ0v) is 16.5. The van der Waals surface area contributed by atoms with Gasteiger partial charge in [0.15, 0.2) is 5.82 Å². The first kappa shape index (κ1) is 19.3. The van der Waals surface area contributed by atoms with E-state index in [1.807, 2.05) is 12.1 Å². The van der Waals surface area contributed by atoms with Gasteiger partial charge >= 0.3 is 0 Å². The van der Waals surface area contributed by atoms with Crippen molar-refractivity contribution in [2.75, 3.05) is 24.0 Å². The van der Waals surface area contributed by atoms with Crippen molar-refractivity contribution in [1.82, 2.24) is 14.9 Å². The van der Waals surface area contributed by atoms with E-state index in [0.717, 1.165) is 11.8 Å². The Balaban J connectivity index is 1.64. The van der Waals surface area contributed by atoms with Crippen molar-refractivity contribution < 1.29 is 9.53 Å². The lowest BCUT2D eigenvalue weighted by Crippen LogP contribution is -2.16. The van der Waals surface area contributed by atoms with Gasteiger partial charge in [0.05, 0.1) is 22.9 Å². The van der Waals surface area contributed by atoms with Crippen LogP contribution in [0.15, 0.2) is 47.6 Å². The SMILES string of the molecule is COc1ccc(NC(=O)CSc2nnc(-c3ccccc3Cl)n2N)cc1Cl. The third-order valence-corrected chi connectivity index (χ3v) is 5.12. The first-order valence-electron chi connectivity index (χ1n) is 7.71. The summed E-state index contributed by atoms with van der Waals surface area (Å²) in [5.41, 5.74) is 1.23. The number of nitrogens with one attached hydrogen (secondary N) is 1. The summed E-state index contributed by atoms with van der Waals surface area (Å²) in [5, 5.41) is 12.2. The number of ether oxygens (including phenoxy) is 1. The third kappa shape index (κ3) is 4.47. The van der Waals surface area contributed by atoms with Crippen LogP contribution in [-0.4, -0.2) is 33.6 Å². The number of carbonyl (C=O) groups excluding carboxylic acids is 1. The van der Waals surface area contributed by atoms with E-state index in [4.69, 9.17) is 33.8 Å². The molecule has 0 aliphatic rings. The Bertz CT molecular complexity index is 980. The molecule has 1 heterocycles. The second-order valence-electron chi connectivity index (χ2n) is 5.34. The summed E-state index contributed by atoms with van der Waals surface area (Å²) in [6.45, 7) is 0. The summed E-state index contributed by atoms with van der Waals surface area (Å²) in [4.78, 5) is 12.2. The minimum atomic E-state index is -0.233. The smallest absolute Gasteiger partial charge is 0.234 e. The Hall–Kier alpha value is -2.42. The predicted molar refractivity (Wildman–Crippen MR) is 108 cm³/mol. The molecule has 0 spiro atoms. The zero-order chi connectivity index (χ0) is 19.4. The van der Waals surface area contributed by atoms with Gasteiger partial charge in [-0.3, -0.25) is 4.79 Å². The molecular formula is C17H15Cl2N5O2S. The van der Waals surface area contributed by atoms with E-state index in [9.17, 15) is 4.79 Å². The van der Waals surface area contributed by atoms with Crippen molar-refractivity contribution >= 4 is 46.6 Å². The number of anilines is 1. The number of thioether (sulfide) groups is 1. The van der Waals surface area contributed by atoms with E-state index in [1.54, 1.807) is 30.3 Å². The molecular weight excluding hydrogens is 409 g/mol. The lowest BCUT2D eigenvalue weighted by atomic mass is 10.2. The number of aromatic nitrogens is 3. The number of hydrogen-bond donors (Lipinski definition) is 2. The molecule has 3 aromatic rings. The molecule has 3 rings (SSSR count). The van der Waals surface area contributed by atoms with Crippen molar-refractivity contribution in [1.29, 1.82) is 0 Å². The zero-order valence-electron chi connectivity index (χ0n) is 14.1. The number of nitrogens with two attached hydrogens (primary N) is 1. The molecule has 1 aromatic heterocycles. The molecule has 1 amide bonds. The van der Waals surface area contributed by atoms with E-state index in [2.05, 4.69) is 15.5 Å². The molecule has 0 fully saturated rings. The molecule has 0 unspecified atom stereocenters. The Morgan fingerprint density at radius 3 is 2.70 bits per heavy atom. The highest BCUT2D eigenvalue weighted by atomic mass is 35.5. The van der Waals surface area contributed by atoms with Crippen molar-refractivity contribution in [3.8, 4) is 17.1 Å². The Morgan fingerprint density at radius 2 is 2.00 bits per heavy atom. The van der Waals surface area contributed by atoms with Gasteiger partial charge in [-0.05, 0) is 30.3 Å². The Kier molecular flexibility index (Phi) is 6.10. The van der Waals surface area contributed by atoms with Gasteiger partial charge < -0.3 is 15.9 Å². The first-order valence-corrected chi connectivity index (χ1v) is 9.45. The molecule has 0 aliphatic heterocycles. The monoisotopic (exact) mass is 423 g/mol. The van der Waals surface area contributed by atoms with E-state index >= 15 is 0 Å². The quantitative estimate of drug-likeness (QED) is 0.463. The van der Waals surface area contributed by atoms with Gasteiger partial charge in [-0.15, -0.1) is 10.2 Å². The molecule has 0 radical (unpaired) electrons. The van der Waals surface area contributed by atoms with Gasteiger partial charge in [-0.2, -0.15) is 0 Å². The Labute approximate surface area is 169 Å². The summed E-state index contributed by atoms with van der Waals surface area (Å²) in [6.07, 6.45) is 0. The normalized spacial score (nSPS) is 10.6. The van der Waals surface area contributed by atoms with Crippen LogP contribution in [0.4, 0.5) is 5.69 Å². The lowest BCUT2D eigenvalue weighted by molar-refractivity contribution is -0.113. The molecule has 2 aromatic carbocycles. The van der Waals surface area contributed by atoms with Crippen LogP contribution in [0, 0.1) is 0 Å². The van der Waals surface area contributed by atoms with Gasteiger partial charge in [0.25, 0.3) is 0 Å². The minimum Gasteiger partial charge on any atom is -0.495 e. The average molecular weight is 424 g/mol. The number of benzene rings is 2. The molecule has 0 aliphatic carbocycles. The molecule has 0 atom stereocenters. The highest BCUT2D eigenvalue weighted by Crippen LogP contribution is 2.29. The first-order chi connectivity index (χ1) is 13.0. The maximum atomic E-state index is 12.2. The molecule has 0 saturated carbocycles. The standard InChI is InChI=1S/C17H15Cl2N5O2S/c1-26-14-7-6-10(8-13(14)19)21-15(25)9-27-17-23-22-16(24(17)20)11-4-2-3-5-12(11)18/h2-8H,9,20H2,1H3,(H,21,25). The van der Waals surface area contributed by atoms with Gasteiger partial charge in [0.1, 0.15) is 5.75 Å². The number of nitrogen functional groups attached to an aromatic ring is 1. The number of hydrogen-bond acceptors (Lipinski definition) is 6. The molecule has 27 heavy (non-hydrogen) atoms. The molecule has 10 heteroatoms. The number of rotatable bonds is 6. The van der Waals surface area contributed by atoms with Crippen LogP contribution in [-0.2, 0) is 4.79 Å². The third-order valence-electron chi connectivity index (χ3n) is 3.55. The fourth-order valence-corrected chi connectivity index (χ4v) is 3.41. The Morgan fingerprint density at radius 1 is 1.22 bits per heavy atom. The number of nitrogens with zero attached hydrogens (tertiary/aromatic N) is 3. The van der Waals surface area contributed by atoms with E-state index in [0.29, 0.717) is 38.0 Å². The molecule has 0 saturated heterocycles. The fraction of sp³-hybridized carbons (Fsp3) is 0.118. The van der Waals surface area contributed by atoms with Crippen LogP contribution in [0.1, 0.15) is 0 Å². The van der Waals surface area contributed by atoms with Crippen LogP contribution in [0.2, 0.25) is 10.0 Å². The number of methoxy groups -OCH3 is 1. The van der Waals surface area contributed by atoms with E-state index < -0.39 is 0 Å². The highest BCUT2D eigenvalue weighted by Gasteiger charge is 2.16. The largest absolute Gasteiger partial charge is 0.495 e. The summed E-state index contributed by atoms with van der Waals surface area (Å²) in [5.74, 6) is 6.87. The molecule has 7 nitrogen and oxygen atoms in total. The average Bonchev–Trinajstić information content (AvgIpc) is 3.01. The van der Waals surface area contributed by atoms with Crippen molar-refractivity contribution in [3.63, 3.8) is 0 Å². The second-order valence-corrected chi connectivity index (χ2v) is 7.10. The van der Waals surface area contributed by atoms with Crippen LogP contribution < -0.4 is 15.9 Å². The predicted octanol–water partition coefficient (Wildman–Crippen LogP) is 3.71. The van der Waals surface area contributed by atoms with Crippen molar-refractivity contribution in [2.24, 2.45) is 0 Å². The number of carbonyl (C=O) groups is 1. The summed E-state index contributed by atoms with van der Waals surface area (Å²) < 4.78 is 6.39. The van der Waals surface area contributed by atoms with Crippen LogP contribution in [0.5, 0.6) is 5.75 Å². The fourth-order valence-electron chi connectivity index (χ4n) is 2.27. The van der Waals surface area contributed by atoms with E-state index in [1.165, 1.54) is 11.8 Å². The highest BCUT2D eigenvalue weighted by molar-refractivity contribution is 7.99. The minimum absolute atomic E-state index is 0.0987. The molecule has 140 valence electrons. The van der Waals surface area contributed by atoms with Crippen LogP contribution >= 0.6 is 35.0 Å². The van der Waals surface area contributed by atoms with Crippen molar-refractivity contribution in [2.45, 2.75) is 5.16 Å². The lowest BCUT2D eigenvalue weighted by Gasteiger charge is -2.08. The van der Waals surface area contributed by atoms with Gasteiger partial charge in [-0.1, -0.05) is 47.1 Å². The number of halogens is 2. The second kappa shape index (κ2) is 8.51.